The maximum atomic E-state index is 13.8. The average Bonchev–Trinajstić information content (AvgIpc) is 2.20. The number of hydrogen-bond donors (Lipinski definition) is 1. The molecule has 0 radical (unpaired) electrons. The van der Waals surface area contributed by atoms with Crippen LogP contribution >= 0.6 is 11.6 Å². The summed E-state index contributed by atoms with van der Waals surface area (Å²) in [7, 11) is 2.03. The van der Waals surface area contributed by atoms with Crippen molar-refractivity contribution in [1.82, 2.24) is 4.90 Å². The van der Waals surface area contributed by atoms with Gasteiger partial charge >= 0.3 is 0 Å². The predicted octanol–water partition coefficient (Wildman–Crippen LogP) is 2.23. The van der Waals surface area contributed by atoms with E-state index in [-0.39, 0.29) is 17.8 Å². The van der Waals surface area contributed by atoms with Gasteiger partial charge in [0.15, 0.2) is 0 Å². The van der Waals surface area contributed by atoms with E-state index in [0.717, 1.165) is 19.5 Å². The molecule has 1 aliphatic heterocycles. The minimum absolute atomic E-state index is 0.0323. The van der Waals surface area contributed by atoms with E-state index in [1.165, 1.54) is 6.07 Å². The van der Waals surface area contributed by atoms with Crippen LogP contribution in [0.5, 0.6) is 0 Å². The van der Waals surface area contributed by atoms with Crippen molar-refractivity contribution in [2.24, 2.45) is 5.73 Å². The first-order chi connectivity index (χ1) is 7.59. The Bertz CT molecular complexity index is 363. The summed E-state index contributed by atoms with van der Waals surface area (Å²) in [6, 6.07) is 4.76. The molecule has 0 spiro atoms. The SMILES string of the molecule is CN1CCC(c2c(F)cccc2Cl)C(N)C1. The highest BCUT2D eigenvalue weighted by Crippen LogP contribution is 2.33. The van der Waals surface area contributed by atoms with Crippen molar-refractivity contribution in [1.29, 1.82) is 0 Å². The minimum Gasteiger partial charge on any atom is -0.326 e. The Balaban J connectivity index is 2.30. The third-order valence-corrected chi connectivity index (χ3v) is 3.56. The second-order valence-corrected chi connectivity index (χ2v) is 4.86. The zero-order valence-electron chi connectivity index (χ0n) is 9.29. The number of rotatable bonds is 1. The van der Waals surface area contributed by atoms with Crippen molar-refractivity contribution in [3.05, 3.63) is 34.6 Å². The number of halogens is 2. The number of nitrogens with zero attached hydrogens (tertiary/aromatic N) is 1. The number of nitrogens with two attached hydrogens (primary N) is 1. The van der Waals surface area contributed by atoms with Crippen LogP contribution in [0.25, 0.3) is 0 Å². The molecule has 1 aromatic rings. The number of likely N-dealkylation sites (tertiary alicyclic amines) is 1. The summed E-state index contributed by atoms with van der Waals surface area (Å²) >= 11 is 6.06. The lowest BCUT2D eigenvalue weighted by Crippen LogP contribution is -2.45. The van der Waals surface area contributed by atoms with E-state index in [1.54, 1.807) is 12.1 Å². The predicted molar refractivity (Wildman–Crippen MR) is 64.2 cm³/mol. The smallest absolute Gasteiger partial charge is 0.128 e. The molecule has 0 aliphatic carbocycles. The molecule has 2 N–H and O–H groups in total. The summed E-state index contributed by atoms with van der Waals surface area (Å²) in [6.07, 6.45) is 0.859. The van der Waals surface area contributed by atoms with Gasteiger partial charge in [-0.3, -0.25) is 0 Å². The second kappa shape index (κ2) is 4.70. The van der Waals surface area contributed by atoms with Crippen LogP contribution in [0.4, 0.5) is 4.39 Å². The van der Waals surface area contributed by atoms with E-state index >= 15 is 0 Å². The van der Waals surface area contributed by atoms with Crippen LogP contribution in [0.2, 0.25) is 5.02 Å². The summed E-state index contributed by atoms with van der Waals surface area (Å²) < 4.78 is 13.8. The van der Waals surface area contributed by atoms with Gasteiger partial charge in [-0.1, -0.05) is 17.7 Å². The summed E-state index contributed by atoms with van der Waals surface area (Å²) in [5, 5.41) is 0.491. The molecule has 2 unspecified atom stereocenters. The number of benzene rings is 1. The minimum atomic E-state index is -0.238. The fourth-order valence-corrected chi connectivity index (χ4v) is 2.68. The van der Waals surface area contributed by atoms with Gasteiger partial charge in [-0.05, 0) is 32.1 Å². The van der Waals surface area contributed by atoms with Gasteiger partial charge in [-0.25, -0.2) is 4.39 Å². The van der Waals surface area contributed by atoms with Crippen molar-refractivity contribution in [3.63, 3.8) is 0 Å². The molecule has 0 amide bonds. The van der Waals surface area contributed by atoms with Gasteiger partial charge in [0.1, 0.15) is 5.82 Å². The van der Waals surface area contributed by atoms with Crippen LogP contribution in [0, 0.1) is 5.82 Å². The molecule has 2 nitrogen and oxygen atoms in total. The lowest BCUT2D eigenvalue weighted by molar-refractivity contribution is 0.226. The molecule has 1 fully saturated rings. The Morgan fingerprint density at radius 2 is 2.25 bits per heavy atom. The van der Waals surface area contributed by atoms with Crippen LogP contribution in [0.3, 0.4) is 0 Å². The zero-order valence-corrected chi connectivity index (χ0v) is 10.0. The van der Waals surface area contributed by atoms with Gasteiger partial charge in [0.2, 0.25) is 0 Å². The Morgan fingerprint density at radius 1 is 1.50 bits per heavy atom. The van der Waals surface area contributed by atoms with Gasteiger partial charge in [-0.2, -0.15) is 0 Å². The van der Waals surface area contributed by atoms with Gasteiger partial charge in [0.05, 0.1) is 0 Å². The number of piperidine rings is 1. The Morgan fingerprint density at radius 3 is 2.88 bits per heavy atom. The summed E-state index contributed by atoms with van der Waals surface area (Å²) in [5.74, 6) is -0.206. The first kappa shape index (κ1) is 11.8. The van der Waals surface area contributed by atoms with E-state index in [2.05, 4.69) is 4.90 Å². The van der Waals surface area contributed by atoms with Gasteiger partial charge < -0.3 is 10.6 Å². The Kier molecular flexibility index (Phi) is 3.47. The summed E-state index contributed by atoms with van der Waals surface area (Å²) in [4.78, 5) is 2.16. The van der Waals surface area contributed by atoms with E-state index in [1.807, 2.05) is 7.05 Å². The van der Waals surface area contributed by atoms with Gasteiger partial charge in [-0.15, -0.1) is 0 Å². The van der Waals surface area contributed by atoms with E-state index in [9.17, 15) is 4.39 Å². The van der Waals surface area contributed by atoms with Crippen molar-refractivity contribution < 1.29 is 4.39 Å². The maximum Gasteiger partial charge on any atom is 0.128 e. The lowest BCUT2D eigenvalue weighted by Gasteiger charge is -2.35. The normalized spacial score (nSPS) is 27.0. The molecule has 0 bridgehead atoms. The average molecular weight is 243 g/mol. The summed E-state index contributed by atoms with van der Waals surface area (Å²) in [6.45, 7) is 1.72. The molecule has 4 heteroatoms. The molecule has 1 aromatic carbocycles. The Hall–Kier alpha value is -0.640. The summed E-state index contributed by atoms with van der Waals surface area (Å²) in [5.41, 5.74) is 6.66. The van der Waals surface area contributed by atoms with Crippen molar-refractivity contribution in [2.75, 3.05) is 20.1 Å². The number of hydrogen-bond acceptors (Lipinski definition) is 2. The van der Waals surface area contributed by atoms with Crippen LogP contribution in [-0.4, -0.2) is 31.1 Å². The molecule has 88 valence electrons. The highest BCUT2D eigenvalue weighted by atomic mass is 35.5. The second-order valence-electron chi connectivity index (χ2n) is 4.46. The lowest BCUT2D eigenvalue weighted by atomic mass is 9.85. The van der Waals surface area contributed by atoms with Crippen LogP contribution in [0.15, 0.2) is 18.2 Å². The standard InChI is InChI=1S/C12H16ClFN2/c1-16-6-5-8(11(15)7-16)12-9(13)3-2-4-10(12)14/h2-4,8,11H,5-7,15H2,1H3. The van der Waals surface area contributed by atoms with Crippen LogP contribution < -0.4 is 5.73 Å². The first-order valence-corrected chi connectivity index (χ1v) is 5.85. The fraction of sp³-hybridized carbons (Fsp3) is 0.500. The largest absolute Gasteiger partial charge is 0.326 e. The molecule has 0 saturated carbocycles. The topological polar surface area (TPSA) is 29.3 Å². The molecule has 1 aliphatic rings. The van der Waals surface area contributed by atoms with Gasteiger partial charge in [0, 0.05) is 29.1 Å². The molecule has 2 atom stereocenters. The third kappa shape index (κ3) is 2.21. The molecular weight excluding hydrogens is 227 g/mol. The molecule has 0 aromatic heterocycles. The monoisotopic (exact) mass is 242 g/mol. The van der Waals surface area contributed by atoms with Crippen molar-refractivity contribution in [3.8, 4) is 0 Å². The molecule has 1 heterocycles. The first-order valence-electron chi connectivity index (χ1n) is 5.47. The number of likely N-dealkylation sites (N-methyl/N-ethyl adjacent to an activating group) is 1. The van der Waals surface area contributed by atoms with Crippen molar-refractivity contribution >= 4 is 11.6 Å². The molecule has 16 heavy (non-hydrogen) atoms. The Labute approximate surface area is 100 Å². The van der Waals surface area contributed by atoms with Crippen molar-refractivity contribution in [2.45, 2.75) is 18.4 Å². The molecular formula is C12H16ClFN2. The quantitative estimate of drug-likeness (QED) is 0.818. The zero-order chi connectivity index (χ0) is 11.7. The fourth-order valence-electron chi connectivity index (χ4n) is 2.38. The highest BCUT2D eigenvalue weighted by Gasteiger charge is 2.29. The maximum absolute atomic E-state index is 13.8. The van der Waals surface area contributed by atoms with Crippen LogP contribution in [-0.2, 0) is 0 Å². The van der Waals surface area contributed by atoms with E-state index < -0.39 is 0 Å². The van der Waals surface area contributed by atoms with E-state index in [4.69, 9.17) is 17.3 Å². The molecule has 1 saturated heterocycles. The highest BCUT2D eigenvalue weighted by molar-refractivity contribution is 6.31. The molecule has 2 rings (SSSR count). The van der Waals surface area contributed by atoms with Crippen LogP contribution in [0.1, 0.15) is 17.9 Å². The third-order valence-electron chi connectivity index (χ3n) is 3.23. The van der Waals surface area contributed by atoms with Gasteiger partial charge in [0.25, 0.3) is 0 Å². The van der Waals surface area contributed by atoms with E-state index in [0.29, 0.717) is 10.6 Å².